The van der Waals surface area contributed by atoms with E-state index < -0.39 is 36.6 Å². The van der Waals surface area contributed by atoms with Crippen LogP contribution in [-0.2, 0) is 0 Å². The second-order valence-electron chi connectivity index (χ2n) is 7.01. The van der Waals surface area contributed by atoms with Crippen LogP contribution in [0.15, 0.2) is 18.3 Å². The molecule has 0 bridgehead atoms. The number of halogens is 4. The molecule has 2 aromatic heterocycles. The first-order valence-corrected chi connectivity index (χ1v) is 8.60. The highest BCUT2D eigenvalue weighted by atomic mass is 35.5. The average Bonchev–Trinajstić information content (AvgIpc) is 3.35. The number of carbonyl (C=O) groups is 1. The maximum atomic E-state index is 12.6. The number of nitrogens with one attached hydrogen (secondary N) is 1. The van der Waals surface area contributed by atoms with Crippen molar-refractivity contribution < 1.29 is 23.1 Å². The minimum absolute atomic E-state index is 0.206. The van der Waals surface area contributed by atoms with Gasteiger partial charge in [-0.1, -0.05) is 11.6 Å². The monoisotopic (exact) mass is 385 g/mol. The molecule has 0 unspecified atom stereocenters. The van der Waals surface area contributed by atoms with Gasteiger partial charge in [0, 0.05) is 36.4 Å². The number of amides is 1. The number of aliphatic hydroxyl groups is 1. The summed E-state index contributed by atoms with van der Waals surface area (Å²) in [5.74, 6) is -0.182. The molecular weight excluding hydrogens is 371 g/mol. The normalized spacial score (nSPS) is 25.8. The number of hydrogen-bond acceptors (Lipinski definition) is 4. The van der Waals surface area contributed by atoms with Crippen LogP contribution in [0.2, 0.25) is 5.02 Å². The van der Waals surface area contributed by atoms with E-state index in [4.69, 9.17) is 11.6 Å². The van der Waals surface area contributed by atoms with Gasteiger partial charge in [-0.2, -0.15) is 13.2 Å². The Morgan fingerprint density at radius 2 is 2.00 bits per heavy atom. The molecule has 0 spiro atoms. The van der Waals surface area contributed by atoms with E-state index in [9.17, 15) is 23.1 Å². The molecular formula is C17H15ClF3N3O2. The van der Waals surface area contributed by atoms with Crippen molar-refractivity contribution in [3.8, 4) is 0 Å². The van der Waals surface area contributed by atoms with Crippen LogP contribution in [0.4, 0.5) is 13.2 Å². The van der Waals surface area contributed by atoms with Gasteiger partial charge in [0.1, 0.15) is 0 Å². The summed E-state index contributed by atoms with van der Waals surface area (Å²) in [6.45, 7) is 0. The first kappa shape index (κ1) is 17.5. The van der Waals surface area contributed by atoms with Crippen molar-refractivity contribution in [1.29, 1.82) is 0 Å². The van der Waals surface area contributed by atoms with Crippen molar-refractivity contribution in [2.45, 2.75) is 49.4 Å². The predicted molar refractivity (Wildman–Crippen MR) is 88.0 cm³/mol. The fourth-order valence-electron chi connectivity index (χ4n) is 3.18. The van der Waals surface area contributed by atoms with Crippen molar-refractivity contribution in [2.75, 3.05) is 0 Å². The van der Waals surface area contributed by atoms with E-state index in [-0.39, 0.29) is 5.56 Å². The Hall–Kier alpha value is -1.93. The van der Waals surface area contributed by atoms with Gasteiger partial charge in [0.25, 0.3) is 5.91 Å². The molecule has 0 atom stereocenters. The Morgan fingerprint density at radius 1 is 1.31 bits per heavy atom. The van der Waals surface area contributed by atoms with Gasteiger partial charge in [0.15, 0.2) is 11.2 Å². The van der Waals surface area contributed by atoms with Gasteiger partial charge < -0.3 is 10.4 Å². The highest BCUT2D eigenvalue weighted by molar-refractivity contribution is 6.32. The zero-order chi connectivity index (χ0) is 18.7. The Morgan fingerprint density at radius 3 is 2.62 bits per heavy atom. The van der Waals surface area contributed by atoms with Gasteiger partial charge >= 0.3 is 6.18 Å². The van der Waals surface area contributed by atoms with Crippen LogP contribution in [0.25, 0.3) is 11.0 Å². The number of aromatic nitrogens is 2. The summed E-state index contributed by atoms with van der Waals surface area (Å²) in [5.41, 5.74) is -1.23. The lowest BCUT2D eigenvalue weighted by Gasteiger charge is -2.44. The zero-order valence-corrected chi connectivity index (χ0v) is 14.2. The van der Waals surface area contributed by atoms with E-state index in [0.29, 0.717) is 22.0 Å². The number of nitrogens with zero attached hydrogens (tertiary/aromatic N) is 2. The fraction of sp³-hybridized carbons (Fsp3) is 0.471. The minimum atomic E-state index is -4.69. The maximum absolute atomic E-state index is 12.6. The van der Waals surface area contributed by atoms with Crippen LogP contribution in [-0.4, -0.2) is 38.8 Å². The van der Waals surface area contributed by atoms with Crippen LogP contribution >= 0.6 is 11.6 Å². The van der Waals surface area contributed by atoms with Crippen LogP contribution in [0, 0.1) is 0 Å². The largest absolute Gasteiger partial charge is 0.417 e. The van der Waals surface area contributed by atoms with Crippen molar-refractivity contribution in [3.63, 3.8) is 0 Å². The molecule has 5 nitrogen and oxygen atoms in total. The topological polar surface area (TPSA) is 75.1 Å². The van der Waals surface area contributed by atoms with Gasteiger partial charge in [0.05, 0.1) is 16.3 Å². The van der Waals surface area contributed by atoms with Crippen molar-refractivity contribution in [2.24, 2.45) is 0 Å². The Labute approximate surface area is 151 Å². The summed E-state index contributed by atoms with van der Waals surface area (Å²) < 4.78 is 37.9. The van der Waals surface area contributed by atoms with Crippen LogP contribution < -0.4 is 5.32 Å². The van der Waals surface area contributed by atoms with Crippen molar-refractivity contribution in [1.82, 2.24) is 15.3 Å². The van der Waals surface area contributed by atoms with E-state index in [1.807, 2.05) is 0 Å². The molecule has 2 aliphatic carbocycles. The lowest BCUT2D eigenvalue weighted by molar-refractivity contribution is -0.291. The van der Waals surface area contributed by atoms with Gasteiger partial charge in [-0.3, -0.25) is 4.79 Å². The molecule has 2 fully saturated rings. The van der Waals surface area contributed by atoms with Crippen LogP contribution in [0.1, 0.15) is 47.7 Å². The van der Waals surface area contributed by atoms with E-state index in [2.05, 4.69) is 15.3 Å². The molecule has 9 heteroatoms. The van der Waals surface area contributed by atoms with Crippen LogP contribution in [0.3, 0.4) is 0 Å². The first-order valence-electron chi connectivity index (χ1n) is 8.22. The molecule has 4 rings (SSSR count). The van der Waals surface area contributed by atoms with Gasteiger partial charge in [-0.25, -0.2) is 9.97 Å². The third kappa shape index (κ3) is 3.01. The van der Waals surface area contributed by atoms with Crippen molar-refractivity contribution >= 4 is 28.5 Å². The fourth-order valence-corrected chi connectivity index (χ4v) is 3.49. The SMILES string of the molecule is O=C(N[C@H]1C[C@](O)(C(F)(F)F)C1)c1cnc2nc(C3CC3)c(Cl)cc2c1. The van der Waals surface area contributed by atoms with Gasteiger partial charge in [-0.05, 0) is 25.0 Å². The quantitative estimate of drug-likeness (QED) is 0.849. The Balaban J connectivity index is 1.48. The predicted octanol–water partition coefficient (Wildman–Crippen LogP) is 3.35. The molecule has 2 saturated carbocycles. The molecule has 2 aromatic rings. The van der Waals surface area contributed by atoms with E-state index in [1.54, 1.807) is 12.1 Å². The highest BCUT2D eigenvalue weighted by Gasteiger charge is 2.61. The zero-order valence-electron chi connectivity index (χ0n) is 13.5. The molecule has 0 radical (unpaired) electrons. The number of alkyl halides is 3. The number of fused-ring (bicyclic) bond motifs is 1. The summed E-state index contributed by atoms with van der Waals surface area (Å²) in [6, 6.07) is 2.53. The lowest BCUT2D eigenvalue weighted by atomic mass is 9.75. The van der Waals surface area contributed by atoms with E-state index in [0.717, 1.165) is 18.5 Å². The molecule has 0 aliphatic heterocycles. The Kier molecular flexibility index (Phi) is 3.89. The summed E-state index contributed by atoms with van der Waals surface area (Å²) in [4.78, 5) is 20.9. The van der Waals surface area contributed by atoms with Gasteiger partial charge in [0.2, 0.25) is 0 Å². The summed E-state index contributed by atoms with van der Waals surface area (Å²) in [5, 5.41) is 13.0. The Bertz CT molecular complexity index is 893. The van der Waals surface area contributed by atoms with E-state index in [1.165, 1.54) is 6.20 Å². The minimum Gasteiger partial charge on any atom is -0.380 e. The smallest absolute Gasteiger partial charge is 0.380 e. The maximum Gasteiger partial charge on any atom is 0.417 e. The number of rotatable bonds is 3. The number of hydrogen-bond donors (Lipinski definition) is 2. The molecule has 0 aromatic carbocycles. The molecule has 1 amide bonds. The lowest BCUT2D eigenvalue weighted by Crippen LogP contribution is -2.62. The summed E-state index contributed by atoms with van der Waals surface area (Å²) >= 11 is 6.23. The molecule has 2 aliphatic rings. The second-order valence-corrected chi connectivity index (χ2v) is 7.42. The standard InChI is InChI=1S/C17H15ClF3N3O2/c18-12-4-9-3-10(7-22-14(9)24-13(12)8-1-2-8)15(25)23-11-5-16(26,6-11)17(19,20)21/h3-4,7-8,11,26H,1-2,5-6H2,(H,23,25)/t11-,16+. The molecule has 26 heavy (non-hydrogen) atoms. The summed E-state index contributed by atoms with van der Waals surface area (Å²) in [6.07, 6.45) is -2.37. The molecule has 2 heterocycles. The third-order valence-electron chi connectivity index (χ3n) is 4.91. The number of pyridine rings is 2. The molecule has 138 valence electrons. The van der Waals surface area contributed by atoms with E-state index >= 15 is 0 Å². The summed E-state index contributed by atoms with van der Waals surface area (Å²) in [7, 11) is 0. The molecule has 2 N–H and O–H groups in total. The van der Waals surface area contributed by atoms with Gasteiger partial charge in [-0.15, -0.1) is 0 Å². The first-order chi connectivity index (χ1) is 12.2. The van der Waals surface area contributed by atoms with Crippen LogP contribution in [0.5, 0.6) is 0 Å². The average molecular weight is 386 g/mol. The second kappa shape index (κ2) is 5.79. The number of carbonyl (C=O) groups excluding carboxylic acids is 1. The molecule has 0 saturated heterocycles. The highest BCUT2D eigenvalue weighted by Crippen LogP contribution is 2.45. The third-order valence-corrected chi connectivity index (χ3v) is 5.21. The van der Waals surface area contributed by atoms with Crippen molar-refractivity contribution in [3.05, 3.63) is 34.6 Å².